The lowest BCUT2D eigenvalue weighted by atomic mass is 9.89. The summed E-state index contributed by atoms with van der Waals surface area (Å²) in [6, 6.07) is 0. The Morgan fingerprint density at radius 2 is 2.22 bits per heavy atom. The molecule has 0 radical (unpaired) electrons. The molecule has 1 aliphatic rings. The molecule has 142 valence electrons. The predicted octanol–water partition coefficient (Wildman–Crippen LogP) is 2.93. The van der Waals surface area contributed by atoms with E-state index >= 15 is 0 Å². The van der Waals surface area contributed by atoms with Gasteiger partial charge in [-0.2, -0.15) is 5.10 Å². The van der Waals surface area contributed by atoms with Gasteiger partial charge in [0.1, 0.15) is 17.2 Å². The normalized spacial score (nSPS) is 16.5. The second-order valence-corrected chi connectivity index (χ2v) is 9.06. The van der Waals surface area contributed by atoms with Crippen LogP contribution in [-0.4, -0.2) is 25.3 Å². The van der Waals surface area contributed by atoms with Gasteiger partial charge >= 0.3 is 0 Å². The van der Waals surface area contributed by atoms with Gasteiger partial charge in [-0.1, -0.05) is 6.92 Å². The van der Waals surface area contributed by atoms with Gasteiger partial charge in [0.25, 0.3) is 11.5 Å². The molecule has 0 saturated heterocycles. The molecule has 1 N–H and O–H groups in total. The van der Waals surface area contributed by atoms with Crippen molar-refractivity contribution in [3.8, 4) is 0 Å². The summed E-state index contributed by atoms with van der Waals surface area (Å²) in [4.78, 5) is 32.1. The average Bonchev–Trinajstić information content (AvgIpc) is 3.10. The number of fused-ring (bicyclic) bond motifs is 3. The van der Waals surface area contributed by atoms with Gasteiger partial charge in [0.15, 0.2) is 0 Å². The molecule has 3 aromatic heterocycles. The first kappa shape index (κ1) is 18.4. The third-order valence-corrected chi connectivity index (χ3v) is 6.85. The number of amides is 1. The summed E-state index contributed by atoms with van der Waals surface area (Å²) in [5.41, 5.74) is 4.40. The molecule has 1 amide bonds. The van der Waals surface area contributed by atoms with Crippen LogP contribution in [0.1, 0.15) is 35.3 Å². The molecular weight excluding hydrogens is 430 g/mol. The van der Waals surface area contributed by atoms with Crippen LogP contribution in [0.25, 0.3) is 10.2 Å². The van der Waals surface area contributed by atoms with Crippen LogP contribution >= 0.6 is 27.3 Å². The Hall–Kier alpha value is -2.00. The highest BCUT2D eigenvalue weighted by Crippen LogP contribution is 2.35. The van der Waals surface area contributed by atoms with E-state index in [2.05, 4.69) is 38.4 Å². The van der Waals surface area contributed by atoms with E-state index in [0.717, 1.165) is 39.8 Å². The first-order valence-corrected chi connectivity index (χ1v) is 10.5. The molecule has 27 heavy (non-hydrogen) atoms. The van der Waals surface area contributed by atoms with Crippen LogP contribution in [0.5, 0.6) is 0 Å². The largest absolute Gasteiger partial charge is 0.281 e. The van der Waals surface area contributed by atoms with Gasteiger partial charge in [-0.3, -0.25) is 19.7 Å². The summed E-state index contributed by atoms with van der Waals surface area (Å²) in [6.45, 7) is 5.85. The van der Waals surface area contributed by atoms with Crippen LogP contribution in [0.15, 0.2) is 15.5 Å². The van der Waals surface area contributed by atoms with Gasteiger partial charge in [0.2, 0.25) is 0 Å². The third-order valence-electron chi connectivity index (χ3n) is 4.93. The first-order chi connectivity index (χ1) is 12.8. The van der Waals surface area contributed by atoms with Crippen molar-refractivity contribution in [2.45, 2.75) is 46.6 Å². The summed E-state index contributed by atoms with van der Waals surface area (Å²) < 4.78 is 3.64. The van der Waals surface area contributed by atoms with E-state index in [-0.39, 0.29) is 18.0 Å². The first-order valence-electron chi connectivity index (χ1n) is 8.86. The van der Waals surface area contributed by atoms with Crippen molar-refractivity contribution in [2.75, 3.05) is 5.43 Å². The summed E-state index contributed by atoms with van der Waals surface area (Å²) in [5.74, 6) is 0.782. The lowest BCUT2D eigenvalue weighted by Crippen LogP contribution is -2.37. The quantitative estimate of drug-likeness (QED) is 0.666. The maximum absolute atomic E-state index is 13.1. The minimum atomic E-state index is -0.325. The third kappa shape index (κ3) is 3.34. The van der Waals surface area contributed by atoms with E-state index in [9.17, 15) is 9.59 Å². The van der Waals surface area contributed by atoms with Gasteiger partial charge in [-0.25, -0.2) is 9.66 Å². The molecule has 0 saturated carbocycles. The summed E-state index contributed by atoms with van der Waals surface area (Å²) in [5, 5.41) is 4.91. The molecule has 9 heteroatoms. The van der Waals surface area contributed by atoms with Crippen LogP contribution in [-0.2, 0) is 24.2 Å². The minimum absolute atomic E-state index is 0.0234. The fourth-order valence-corrected chi connectivity index (χ4v) is 5.24. The van der Waals surface area contributed by atoms with Gasteiger partial charge in [0, 0.05) is 11.1 Å². The van der Waals surface area contributed by atoms with Gasteiger partial charge in [-0.05, 0) is 60.5 Å². The molecule has 1 aliphatic carbocycles. The zero-order valence-corrected chi connectivity index (χ0v) is 17.8. The highest BCUT2D eigenvalue weighted by molar-refractivity contribution is 9.10. The number of hydrogen-bond donors (Lipinski definition) is 1. The van der Waals surface area contributed by atoms with Crippen molar-refractivity contribution in [2.24, 2.45) is 5.92 Å². The van der Waals surface area contributed by atoms with E-state index in [1.54, 1.807) is 24.5 Å². The number of nitrogens with zero attached hydrogens (tertiary/aromatic N) is 4. The monoisotopic (exact) mass is 449 g/mol. The van der Waals surface area contributed by atoms with Crippen LogP contribution in [0.2, 0.25) is 0 Å². The van der Waals surface area contributed by atoms with Crippen molar-refractivity contribution in [3.05, 3.63) is 43.0 Å². The molecule has 4 rings (SSSR count). The predicted molar refractivity (Wildman–Crippen MR) is 109 cm³/mol. The number of aryl methyl sites for hydroxylation is 3. The lowest BCUT2D eigenvalue weighted by Gasteiger charge is -2.17. The van der Waals surface area contributed by atoms with Crippen molar-refractivity contribution in [1.82, 2.24) is 19.4 Å². The summed E-state index contributed by atoms with van der Waals surface area (Å²) in [6.07, 6.45) is 4.70. The van der Waals surface area contributed by atoms with E-state index in [4.69, 9.17) is 0 Å². The summed E-state index contributed by atoms with van der Waals surface area (Å²) in [7, 11) is 0. The van der Waals surface area contributed by atoms with Gasteiger partial charge < -0.3 is 0 Å². The second-order valence-electron chi connectivity index (χ2n) is 7.13. The van der Waals surface area contributed by atoms with Crippen LogP contribution < -0.4 is 11.0 Å². The zero-order valence-electron chi connectivity index (χ0n) is 15.4. The Labute approximate surface area is 168 Å². The Kier molecular flexibility index (Phi) is 4.67. The Morgan fingerprint density at radius 1 is 1.44 bits per heavy atom. The molecule has 0 aliphatic heterocycles. The number of aromatic nitrogens is 4. The van der Waals surface area contributed by atoms with Crippen molar-refractivity contribution >= 4 is 43.4 Å². The van der Waals surface area contributed by atoms with E-state index in [0.29, 0.717) is 17.1 Å². The number of thiophene rings is 1. The highest BCUT2D eigenvalue weighted by atomic mass is 79.9. The smallest absolute Gasteiger partial charge is 0.271 e. The van der Waals surface area contributed by atoms with Crippen molar-refractivity contribution in [1.29, 1.82) is 0 Å². The number of halogens is 1. The molecule has 3 heterocycles. The van der Waals surface area contributed by atoms with Crippen LogP contribution in [0.4, 0.5) is 0 Å². The van der Waals surface area contributed by atoms with Gasteiger partial charge in [-0.15, -0.1) is 11.3 Å². The van der Waals surface area contributed by atoms with E-state index < -0.39 is 0 Å². The van der Waals surface area contributed by atoms with Crippen molar-refractivity contribution in [3.63, 3.8) is 0 Å². The Bertz CT molecular complexity index is 1090. The topological polar surface area (TPSA) is 81.8 Å². The number of hydrogen-bond acceptors (Lipinski definition) is 5. The second kappa shape index (κ2) is 6.87. The maximum atomic E-state index is 13.1. The average molecular weight is 450 g/mol. The molecule has 3 aromatic rings. The van der Waals surface area contributed by atoms with Gasteiger partial charge in [0.05, 0.1) is 15.6 Å². The zero-order chi connectivity index (χ0) is 19.3. The van der Waals surface area contributed by atoms with E-state index in [1.165, 1.54) is 14.2 Å². The summed E-state index contributed by atoms with van der Waals surface area (Å²) >= 11 is 4.99. The lowest BCUT2D eigenvalue weighted by molar-refractivity contribution is -0.117. The Balaban J connectivity index is 1.67. The standard InChI is InChI=1S/C18H20BrN5O2S/c1-9-4-5-12-14(6-9)27-17-16(12)18(26)24(11(3)20-17)22-15(25)8-23-7-13(19)10(2)21-23/h7,9H,4-6,8H2,1-3H3,(H,22,25)/t9-/m0/s1. The number of rotatable bonds is 3. The Morgan fingerprint density at radius 3 is 2.93 bits per heavy atom. The molecule has 0 unspecified atom stereocenters. The number of carbonyl (C=O) groups is 1. The molecule has 0 aromatic carbocycles. The number of carbonyl (C=O) groups excluding carboxylic acids is 1. The van der Waals surface area contributed by atoms with Crippen LogP contribution in [0.3, 0.4) is 0 Å². The molecule has 0 spiro atoms. The SMILES string of the molecule is Cc1nn(CC(=O)Nn2c(C)nc3sc4c(c3c2=O)CC[C@H](C)C4)cc1Br. The molecule has 1 atom stereocenters. The fourth-order valence-electron chi connectivity index (χ4n) is 3.50. The highest BCUT2D eigenvalue weighted by Gasteiger charge is 2.24. The number of nitrogens with one attached hydrogen (secondary N) is 1. The van der Waals surface area contributed by atoms with E-state index in [1.807, 2.05) is 6.92 Å². The maximum Gasteiger partial charge on any atom is 0.281 e. The molecule has 7 nitrogen and oxygen atoms in total. The molecular formula is C18H20BrN5O2S. The molecule has 0 fully saturated rings. The van der Waals surface area contributed by atoms with Crippen molar-refractivity contribution < 1.29 is 4.79 Å². The molecule has 0 bridgehead atoms. The minimum Gasteiger partial charge on any atom is -0.271 e. The fraction of sp³-hybridized carbons (Fsp3) is 0.444. The van der Waals surface area contributed by atoms with Crippen LogP contribution in [0, 0.1) is 19.8 Å².